The molecule has 0 aliphatic carbocycles. The summed E-state index contributed by atoms with van der Waals surface area (Å²) in [6.07, 6.45) is -1.72. The number of carbonyl (C=O) groups is 1. The van der Waals surface area contributed by atoms with Crippen LogP contribution in [-0.2, 0) is 4.79 Å². The summed E-state index contributed by atoms with van der Waals surface area (Å²) < 4.78 is 13.2. The highest BCUT2D eigenvalue weighted by atomic mass is 35.5. The summed E-state index contributed by atoms with van der Waals surface area (Å²) in [6.45, 7) is 0. The van der Waals surface area contributed by atoms with Crippen LogP contribution in [0.5, 0.6) is 0 Å². The Morgan fingerprint density at radius 1 is 1.92 bits per heavy atom. The SMILES string of the molecule is CNC(=O)C(F)c1csc(Cl)n1. The molecule has 1 amide bonds. The van der Waals surface area contributed by atoms with E-state index in [4.69, 9.17) is 11.6 Å². The number of amides is 1. The van der Waals surface area contributed by atoms with Gasteiger partial charge in [-0.1, -0.05) is 11.6 Å². The Balaban J connectivity index is 2.77. The van der Waals surface area contributed by atoms with E-state index in [0.717, 1.165) is 11.3 Å². The van der Waals surface area contributed by atoms with Crippen molar-refractivity contribution in [2.45, 2.75) is 6.17 Å². The molecule has 0 saturated heterocycles. The Hall–Kier alpha value is -0.680. The fourth-order valence-electron chi connectivity index (χ4n) is 0.641. The number of hydrogen-bond acceptors (Lipinski definition) is 3. The number of halogens is 2. The van der Waals surface area contributed by atoms with E-state index in [1.165, 1.54) is 12.4 Å². The lowest BCUT2D eigenvalue weighted by Gasteiger charge is -2.01. The van der Waals surface area contributed by atoms with Crippen molar-refractivity contribution in [3.63, 3.8) is 0 Å². The first-order chi connectivity index (χ1) is 5.65. The molecular weight excluding hydrogens is 203 g/mol. The Labute approximate surface area is 77.6 Å². The molecular formula is C6H6ClFN2OS. The lowest BCUT2D eigenvalue weighted by atomic mass is 10.3. The normalized spacial score (nSPS) is 12.6. The number of alkyl halides is 1. The van der Waals surface area contributed by atoms with Gasteiger partial charge in [-0.3, -0.25) is 4.79 Å². The molecule has 0 aromatic carbocycles. The van der Waals surface area contributed by atoms with Crippen molar-refractivity contribution in [3.8, 4) is 0 Å². The zero-order valence-electron chi connectivity index (χ0n) is 6.17. The fourth-order valence-corrected chi connectivity index (χ4v) is 1.42. The van der Waals surface area contributed by atoms with E-state index in [0.29, 0.717) is 0 Å². The van der Waals surface area contributed by atoms with Crippen molar-refractivity contribution >= 4 is 28.8 Å². The highest BCUT2D eigenvalue weighted by Gasteiger charge is 2.20. The van der Waals surface area contributed by atoms with Crippen molar-refractivity contribution in [1.82, 2.24) is 10.3 Å². The highest BCUT2D eigenvalue weighted by Crippen LogP contribution is 2.22. The summed E-state index contributed by atoms with van der Waals surface area (Å²) >= 11 is 6.56. The molecule has 0 fully saturated rings. The number of rotatable bonds is 2. The van der Waals surface area contributed by atoms with E-state index in [1.54, 1.807) is 0 Å². The van der Waals surface area contributed by atoms with Crippen LogP contribution < -0.4 is 5.32 Å². The van der Waals surface area contributed by atoms with Crippen LogP contribution in [0.4, 0.5) is 4.39 Å². The summed E-state index contributed by atoms with van der Waals surface area (Å²) in [6, 6.07) is 0. The molecule has 0 bridgehead atoms. The summed E-state index contributed by atoms with van der Waals surface area (Å²) in [5, 5.41) is 3.60. The standard InChI is InChI=1S/C6H6ClFN2OS/c1-9-5(11)4(8)3-2-12-6(7)10-3/h2,4H,1H3,(H,9,11). The van der Waals surface area contributed by atoms with Crippen molar-refractivity contribution in [3.05, 3.63) is 15.5 Å². The quantitative estimate of drug-likeness (QED) is 0.802. The van der Waals surface area contributed by atoms with Gasteiger partial charge in [0.25, 0.3) is 5.91 Å². The highest BCUT2D eigenvalue weighted by molar-refractivity contribution is 7.14. The van der Waals surface area contributed by atoms with Gasteiger partial charge in [0.05, 0.1) is 5.69 Å². The first-order valence-electron chi connectivity index (χ1n) is 3.11. The topological polar surface area (TPSA) is 42.0 Å². The number of hydrogen-bond donors (Lipinski definition) is 1. The molecule has 0 saturated carbocycles. The number of nitrogens with zero attached hydrogens (tertiary/aromatic N) is 1. The Morgan fingerprint density at radius 3 is 3.00 bits per heavy atom. The zero-order valence-corrected chi connectivity index (χ0v) is 7.75. The summed E-state index contributed by atoms with van der Waals surface area (Å²) in [5.74, 6) is -0.711. The Morgan fingerprint density at radius 2 is 2.58 bits per heavy atom. The summed E-state index contributed by atoms with van der Waals surface area (Å²) in [4.78, 5) is 14.4. The first-order valence-corrected chi connectivity index (χ1v) is 4.37. The second-order valence-corrected chi connectivity index (χ2v) is 3.44. The second-order valence-electron chi connectivity index (χ2n) is 2.00. The average molecular weight is 209 g/mol. The molecule has 0 radical (unpaired) electrons. The molecule has 1 heterocycles. The van der Waals surface area contributed by atoms with Crippen LogP contribution in [0.15, 0.2) is 5.38 Å². The minimum absolute atomic E-state index is 0.0596. The molecule has 0 spiro atoms. The van der Waals surface area contributed by atoms with E-state index in [2.05, 4.69) is 10.3 Å². The van der Waals surface area contributed by atoms with Gasteiger partial charge in [0.1, 0.15) is 0 Å². The Bertz CT molecular complexity index is 291. The molecule has 6 heteroatoms. The molecule has 1 atom stereocenters. The van der Waals surface area contributed by atoms with Crippen LogP contribution in [0.2, 0.25) is 4.47 Å². The third-order valence-electron chi connectivity index (χ3n) is 1.23. The number of thiazole rings is 1. The van der Waals surface area contributed by atoms with E-state index < -0.39 is 12.1 Å². The summed E-state index contributed by atoms with van der Waals surface area (Å²) in [5.41, 5.74) is 0.0596. The zero-order chi connectivity index (χ0) is 9.14. The van der Waals surface area contributed by atoms with E-state index in [-0.39, 0.29) is 10.2 Å². The van der Waals surface area contributed by atoms with Crippen molar-refractivity contribution in [2.75, 3.05) is 7.05 Å². The van der Waals surface area contributed by atoms with E-state index in [1.807, 2.05) is 0 Å². The van der Waals surface area contributed by atoms with Gasteiger partial charge in [-0.2, -0.15) is 0 Å². The van der Waals surface area contributed by atoms with Crippen LogP contribution in [0.1, 0.15) is 11.9 Å². The molecule has 0 aliphatic heterocycles. The van der Waals surface area contributed by atoms with Crippen molar-refractivity contribution in [1.29, 1.82) is 0 Å². The molecule has 3 nitrogen and oxygen atoms in total. The minimum atomic E-state index is -1.72. The number of carbonyl (C=O) groups excluding carboxylic acids is 1. The smallest absolute Gasteiger partial charge is 0.260 e. The molecule has 66 valence electrons. The fraction of sp³-hybridized carbons (Fsp3) is 0.333. The molecule has 1 unspecified atom stereocenters. The third-order valence-corrected chi connectivity index (χ3v) is 2.23. The van der Waals surface area contributed by atoms with Crippen LogP contribution in [0, 0.1) is 0 Å². The van der Waals surface area contributed by atoms with E-state index in [9.17, 15) is 9.18 Å². The van der Waals surface area contributed by atoms with Gasteiger partial charge in [0, 0.05) is 12.4 Å². The molecule has 1 N–H and O–H groups in total. The largest absolute Gasteiger partial charge is 0.356 e. The van der Waals surface area contributed by atoms with Crippen LogP contribution in [-0.4, -0.2) is 17.9 Å². The van der Waals surface area contributed by atoms with Gasteiger partial charge >= 0.3 is 0 Å². The van der Waals surface area contributed by atoms with Crippen LogP contribution in [0.3, 0.4) is 0 Å². The van der Waals surface area contributed by atoms with Crippen molar-refractivity contribution in [2.24, 2.45) is 0 Å². The monoisotopic (exact) mass is 208 g/mol. The van der Waals surface area contributed by atoms with Crippen LogP contribution in [0.25, 0.3) is 0 Å². The maximum Gasteiger partial charge on any atom is 0.260 e. The van der Waals surface area contributed by atoms with Gasteiger partial charge in [-0.05, 0) is 0 Å². The van der Waals surface area contributed by atoms with Gasteiger partial charge in [0.2, 0.25) is 6.17 Å². The lowest BCUT2D eigenvalue weighted by Crippen LogP contribution is -2.23. The first kappa shape index (κ1) is 9.41. The lowest BCUT2D eigenvalue weighted by molar-refractivity contribution is -0.125. The second kappa shape index (κ2) is 3.82. The molecule has 0 aliphatic rings. The maximum absolute atomic E-state index is 13.0. The number of likely N-dealkylation sites (N-methyl/N-ethyl adjacent to an activating group) is 1. The van der Waals surface area contributed by atoms with Gasteiger partial charge in [-0.15, -0.1) is 11.3 Å². The van der Waals surface area contributed by atoms with Crippen LogP contribution >= 0.6 is 22.9 Å². The molecule has 12 heavy (non-hydrogen) atoms. The number of aromatic nitrogens is 1. The predicted octanol–water partition coefficient (Wildman–Crippen LogP) is 1.55. The van der Waals surface area contributed by atoms with Gasteiger partial charge < -0.3 is 5.32 Å². The van der Waals surface area contributed by atoms with Gasteiger partial charge in [-0.25, -0.2) is 9.37 Å². The maximum atomic E-state index is 13.0. The minimum Gasteiger partial charge on any atom is -0.356 e. The van der Waals surface area contributed by atoms with Gasteiger partial charge in [0.15, 0.2) is 4.47 Å². The van der Waals surface area contributed by atoms with Crippen molar-refractivity contribution < 1.29 is 9.18 Å². The molecule has 1 rings (SSSR count). The average Bonchev–Trinajstić information content (AvgIpc) is 2.49. The molecule has 1 aromatic heterocycles. The Kier molecular flexibility index (Phi) is 2.99. The predicted molar refractivity (Wildman–Crippen MR) is 45.0 cm³/mol. The van der Waals surface area contributed by atoms with E-state index >= 15 is 0 Å². The summed E-state index contributed by atoms with van der Waals surface area (Å²) in [7, 11) is 1.36. The third kappa shape index (κ3) is 1.92. The molecule has 1 aromatic rings. The number of nitrogens with one attached hydrogen (secondary N) is 1.